The van der Waals surface area contributed by atoms with Crippen molar-refractivity contribution in [3.05, 3.63) is 35.1 Å². The molecule has 1 aromatic rings. The Morgan fingerprint density at radius 2 is 1.69 bits per heavy atom. The van der Waals surface area contributed by atoms with E-state index in [2.05, 4.69) is 16.0 Å². The molecule has 2 aliphatic carbocycles. The van der Waals surface area contributed by atoms with Crippen molar-refractivity contribution in [2.24, 2.45) is 11.3 Å². The van der Waals surface area contributed by atoms with Crippen LogP contribution in [0.1, 0.15) is 78.4 Å². The van der Waals surface area contributed by atoms with Crippen LogP contribution in [0, 0.1) is 17.2 Å². The number of carbonyl (C=O) groups excluding carboxylic acids is 5. The Bertz CT molecular complexity index is 1710. The predicted molar refractivity (Wildman–Crippen MR) is 176 cm³/mol. The van der Waals surface area contributed by atoms with Gasteiger partial charge in [0.1, 0.15) is 29.5 Å². The summed E-state index contributed by atoms with van der Waals surface area (Å²) >= 11 is 0. The molecule has 1 unspecified atom stereocenters. The van der Waals surface area contributed by atoms with Crippen molar-refractivity contribution in [1.29, 1.82) is 0 Å². The summed E-state index contributed by atoms with van der Waals surface area (Å²) in [6.07, 6.45) is -5.31. The molecule has 282 valence electrons. The van der Waals surface area contributed by atoms with E-state index in [1.807, 2.05) is 4.72 Å². The minimum absolute atomic E-state index is 0.0561. The largest absolute Gasteiger partial charge is 0.444 e. The summed E-state index contributed by atoms with van der Waals surface area (Å²) in [4.78, 5) is 70.0. The highest BCUT2D eigenvalue weighted by Crippen LogP contribution is 2.48. The van der Waals surface area contributed by atoms with Gasteiger partial charge in [0.15, 0.2) is 0 Å². The van der Waals surface area contributed by atoms with Crippen LogP contribution in [-0.2, 0) is 42.2 Å². The summed E-state index contributed by atoms with van der Waals surface area (Å²) in [7, 11) is -4.15. The normalized spacial score (nSPS) is 25.2. The smallest absolute Gasteiger partial charge is 0.410 e. The number of hydrogen-bond donors (Lipinski definition) is 4. The summed E-state index contributed by atoms with van der Waals surface area (Å²) in [6, 6.07) is 1.06. The molecule has 5 atom stereocenters. The molecule has 6 amide bonds. The number of carbonyl (C=O) groups is 5. The standard InChI is InChI=1S/C33H45F3N6O8S/c1-31(2,3)24(37-29(46)39-32(4,5)6)27(44)42-15-18(50-30(47)41-14-17-8-7-9-22(34)20(17)16-41)12-23(42)26(43)38-33(13-21(33)25(35)36)28(45)40-51(48,49)19-10-11-19/h7-9,18-19,21,23-25H,10-16H2,1-6H3,(H,38,43)(H,40,45)(H2,37,39,46)/t18-,21+,23?,24-,33+/m1/s1. The second-order valence-corrected chi connectivity index (χ2v) is 17.9. The number of urea groups is 1. The number of halogens is 3. The van der Waals surface area contributed by atoms with Crippen LogP contribution in [0.4, 0.5) is 22.8 Å². The van der Waals surface area contributed by atoms with Crippen molar-refractivity contribution in [3.8, 4) is 0 Å². The molecular formula is C33H45F3N6O8S. The lowest BCUT2D eigenvalue weighted by molar-refractivity contribution is -0.143. The number of rotatable bonds is 9. The van der Waals surface area contributed by atoms with Crippen LogP contribution in [0.5, 0.6) is 0 Å². The van der Waals surface area contributed by atoms with E-state index in [0.29, 0.717) is 24.0 Å². The molecule has 0 spiro atoms. The van der Waals surface area contributed by atoms with Crippen LogP contribution in [0.15, 0.2) is 18.2 Å². The quantitative estimate of drug-likeness (QED) is 0.298. The van der Waals surface area contributed by atoms with Gasteiger partial charge in [-0.25, -0.2) is 31.2 Å². The molecule has 0 aromatic heterocycles. The van der Waals surface area contributed by atoms with Crippen molar-refractivity contribution in [3.63, 3.8) is 0 Å². The van der Waals surface area contributed by atoms with Gasteiger partial charge in [-0.05, 0) is 57.1 Å². The van der Waals surface area contributed by atoms with Crippen molar-refractivity contribution < 1.29 is 50.3 Å². The third kappa shape index (κ3) is 8.36. The number of hydrogen-bond acceptors (Lipinski definition) is 8. The van der Waals surface area contributed by atoms with Gasteiger partial charge >= 0.3 is 12.1 Å². The van der Waals surface area contributed by atoms with Crippen LogP contribution in [-0.4, -0.2) is 95.5 Å². The van der Waals surface area contributed by atoms with E-state index in [1.165, 1.54) is 17.0 Å². The molecule has 1 saturated heterocycles. The van der Waals surface area contributed by atoms with E-state index in [4.69, 9.17) is 4.74 Å². The lowest BCUT2D eigenvalue weighted by Gasteiger charge is -2.36. The number of nitrogens with zero attached hydrogens (tertiary/aromatic N) is 2. The molecule has 18 heteroatoms. The molecule has 0 radical (unpaired) electrons. The lowest BCUT2D eigenvalue weighted by atomic mass is 9.85. The summed E-state index contributed by atoms with van der Waals surface area (Å²) in [5.74, 6) is -5.29. The van der Waals surface area contributed by atoms with Crippen LogP contribution in [0.2, 0.25) is 0 Å². The minimum Gasteiger partial charge on any atom is -0.444 e. The van der Waals surface area contributed by atoms with Crippen LogP contribution < -0.4 is 20.7 Å². The summed E-state index contributed by atoms with van der Waals surface area (Å²) < 4.78 is 74.9. The summed E-state index contributed by atoms with van der Waals surface area (Å²) in [5, 5.41) is 6.85. The van der Waals surface area contributed by atoms with Crippen molar-refractivity contribution >= 4 is 39.9 Å². The number of ether oxygens (including phenoxy) is 1. The maximum Gasteiger partial charge on any atom is 0.410 e. The van der Waals surface area contributed by atoms with Gasteiger partial charge in [0, 0.05) is 24.1 Å². The number of fused-ring (bicyclic) bond motifs is 1. The molecule has 0 bridgehead atoms. The fourth-order valence-corrected chi connectivity index (χ4v) is 7.83. The number of sulfonamides is 1. The first-order valence-corrected chi connectivity index (χ1v) is 18.3. The first-order valence-electron chi connectivity index (χ1n) is 16.8. The number of amides is 6. The van der Waals surface area contributed by atoms with Crippen LogP contribution >= 0.6 is 0 Å². The van der Waals surface area contributed by atoms with E-state index >= 15 is 0 Å². The number of nitrogens with one attached hydrogen (secondary N) is 4. The Kier molecular flexibility index (Phi) is 10.1. The average molecular weight is 743 g/mol. The van der Waals surface area contributed by atoms with Crippen molar-refractivity contribution in [1.82, 2.24) is 30.5 Å². The first-order chi connectivity index (χ1) is 23.5. The monoisotopic (exact) mass is 742 g/mol. The molecule has 14 nitrogen and oxygen atoms in total. The minimum atomic E-state index is -4.15. The summed E-state index contributed by atoms with van der Waals surface area (Å²) in [5.41, 5.74) is -2.95. The number of alkyl halides is 2. The highest BCUT2D eigenvalue weighted by Gasteiger charge is 2.67. The first kappa shape index (κ1) is 38.1. The van der Waals surface area contributed by atoms with Crippen LogP contribution in [0.25, 0.3) is 0 Å². The Labute approximate surface area is 294 Å². The highest BCUT2D eigenvalue weighted by molar-refractivity contribution is 7.91. The van der Waals surface area contributed by atoms with E-state index in [9.17, 15) is 45.6 Å². The van der Waals surface area contributed by atoms with Gasteiger partial charge in [0.05, 0.1) is 24.3 Å². The molecule has 2 saturated carbocycles. The SMILES string of the molecule is CC(C)(C)NC(=O)N[C@H](C(=O)N1C[C@H](OC(=O)N2Cc3cccc(F)c3C2)CC1C(=O)N[C@@]1(C(=O)NS(=O)(=O)C2CC2)C[C@H]1C(F)F)C(C)(C)C. The van der Waals surface area contributed by atoms with Crippen LogP contribution in [0.3, 0.4) is 0 Å². The van der Waals surface area contributed by atoms with E-state index in [-0.39, 0.29) is 26.1 Å². The number of benzene rings is 1. The van der Waals surface area contributed by atoms with Crippen molar-refractivity contribution in [2.45, 2.75) is 121 Å². The topological polar surface area (TPSA) is 183 Å². The molecule has 3 fully saturated rings. The molecule has 5 rings (SSSR count). The Hall–Kier alpha value is -4.09. The average Bonchev–Trinajstić information content (AvgIpc) is 3.89. The molecular weight excluding hydrogens is 697 g/mol. The van der Waals surface area contributed by atoms with E-state index in [0.717, 1.165) is 4.90 Å². The Morgan fingerprint density at radius 3 is 2.24 bits per heavy atom. The zero-order valence-electron chi connectivity index (χ0n) is 29.3. The van der Waals surface area contributed by atoms with E-state index in [1.54, 1.807) is 47.6 Å². The molecule has 51 heavy (non-hydrogen) atoms. The molecule has 2 heterocycles. The van der Waals surface area contributed by atoms with Gasteiger partial charge in [-0.15, -0.1) is 0 Å². The van der Waals surface area contributed by atoms with Crippen molar-refractivity contribution in [2.75, 3.05) is 6.54 Å². The Balaban J connectivity index is 1.39. The molecule has 4 N–H and O–H groups in total. The third-order valence-electron chi connectivity index (χ3n) is 9.45. The molecule has 1 aromatic carbocycles. The van der Waals surface area contributed by atoms with Gasteiger partial charge in [0.2, 0.25) is 28.3 Å². The van der Waals surface area contributed by atoms with Gasteiger partial charge < -0.3 is 25.6 Å². The molecule has 2 aliphatic heterocycles. The molecule has 4 aliphatic rings. The fraction of sp³-hybridized carbons (Fsp3) is 0.667. The second-order valence-electron chi connectivity index (χ2n) is 15.9. The van der Waals surface area contributed by atoms with Gasteiger partial charge in [-0.1, -0.05) is 32.9 Å². The predicted octanol–water partition coefficient (Wildman–Crippen LogP) is 2.51. The van der Waals surface area contributed by atoms with Gasteiger partial charge in [-0.3, -0.25) is 24.0 Å². The number of likely N-dealkylation sites (tertiary alicyclic amines) is 1. The second kappa shape index (κ2) is 13.5. The maximum absolute atomic E-state index is 14.4. The summed E-state index contributed by atoms with van der Waals surface area (Å²) in [6.45, 7) is 9.88. The lowest BCUT2D eigenvalue weighted by Crippen LogP contribution is -2.61. The zero-order valence-corrected chi connectivity index (χ0v) is 30.2. The fourth-order valence-electron chi connectivity index (χ4n) is 6.46. The maximum atomic E-state index is 14.4. The van der Waals surface area contributed by atoms with E-state index < -0.39 is 104 Å². The third-order valence-corrected chi connectivity index (χ3v) is 11.3. The Morgan fingerprint density at radius 1 is 1.02 bits per heavy atom. The van der Waals surface area contributed by atoms with Gasteiger partial charge in [0.25, 0.3) is 5.91 Å². The highest BCUT2D eigenvalue weighted by atomic mass is 32.2. The van der Waals surface area contributed by atoms with Gasteiger partial charge in [-0.2, -0.15) is 0 Å². The zero-order chi connectivity index (χ0) is 37.8.